The number of fused-ring (bicyclic) bond motifs is 7. The Morgan fingerprint density at radius 3 is 2.30 bits per heavy atom. The number of ether oxygens (including phenoxy) is 1. The summed E-state index contributed by atoms with van der Waals surface area (Å²) in [6.07, 6.45) is 12.6. The lowest BCUT2D eigenvalue weighted by atomic mass is 9.33. The van der Waals surface area contributed by atoms with Crippen molar-refractivity contribution in [2.75, 3.05) is 0 Å². The molecule has 0 radical (unpaired) electrons. The fourth-order valence-corrected chi connectivity index (χ4v) is 11.5. The fraction of sp³-hybridized carbons (Fsp3) is 0.730. The number of hydrogen-bond acceptors (Lipinski definition) is 3. The second-order valence-electron chi connectivity index (χ2n) is 16.8. The zero-order chi connectivity index (χ0) is 28.8. The summed E-state index contributed by atoms with van der Waals surface area (Å²) in [4.78, 5) is 27.3. The van der Waals surface area contributed by atoms with E-state index in [2.05, 4.69) is 54.5 Å². The number of carbonyl (C=O) groups is 2. The maximum Gasteiger partial charge on any atom is 0.313 e. The van der Waals surface area contributed by atoms with E-state index >= 15 is 0 Å². The summed E-state index contributed by atoms with van der Waals surface area (Å²) >= 11 is 0. The molecule has 40 heavy (non-hydrogen) atoms. The largest absolute Gasteiger partial charge is 0.460 e. The molecule has 5 aliphatic rings. The lowest BCUT2D eigenvalue weighted by molar-refractivity contribution is -0.191. The number of benzene rings is 1. The molecule has 3 heteroatoms. The molecule has 218 valence electrons. The lowest BCUT2D eigenvalue weighted by Gasteiger charge is -2.70. The first-order valence-electron chi connectivity index (χ1n) is 16.1. The Hall–Kier alpha value is -1.90. The number of allylic oxidation sites excluding steroid dienone is 2. The fourth-order valence-electron chi connectivity index (χ4n) is 11.5. The van der Waals surface area contributed by atoms with Crippen LogP contribution in [0.1, 0.15) is 118 Å². The van der Waals surface area contributed by atoms with Gasteiger partial charge in [0.2, 0.25) is 0 Å². The van der Waals surface area contributed by atoms with Crippen molar-refractivity contribution >= 4 is 11.8 Å². The van der Waals surface area contributed by atoms with E-state index in [-0.39, 0.29) is 39.0 Å². The number of Topliss-reactive ketones (excluding diaryl/α,β-unsaturated/α-hetero) is 1. The highest BCUT2D eigenvalue weighted by Gasteiger charge is 2.69. The number of ketones is 1. The molecule has 7 atom stereocenters. The van der Waals surface area contributed by atoms with Gasteiger partial charge in [-0.1, -0.05) is 90.4 Å². The van der Waals surface area contributed by atoms with Crippen molar-refractivity contribution in [1.29, 1.82) is 0 Å². The highest BCUT2D eigenvalue weighted by molar-refractivity contribution is 5.81. The standard InChI is InChI=1S/C37H52O3/c1-32(2)17-19-37(31(39)40-24-25-11-9-8-10-12-25)20-18-35(6)27(28(37)23-32)13-14-30-34(5)22-26(38)21-33(3,4)29(34)15-16-36(30,35)7/h8-13,28-30H,14-24H2,1-7H3/t28-,29-,30+,34-,35+,36+,37-/m0/s1. The van der Waals surface area contributed by atoms with Gasteiger partial charge < -0.3 is 4.74 Å². The molecular weight excluding hydrogens is 492 g/mol. The van der Waals surface area contributed by atoms with Crippen molar-refractivity contribution in [3.63, 3.8) is 0 Å². The quantitative estimate of drug-likeness (QED) is 0.281. The Balaban J connectivity index is 1.37. The molecule has 4 fully saturated rings. The summed E-state index contributed by atoms with van der Waals surface area (Å²) in [5.74, 6) is 1.84. The molecule has 0 spiro atoms. The summed E-state index contributed by atoms with van der Waals surface area (Å²) in [6, 6.07) is 10.1. The highest BCUT2D eigenvalue weighted by atomic mass is 16.5. The second kappa shape index (κ2) is 9.05. The van der Waals surface area contributed by atoms with Crippen LogP contribution in [0.15, 0.2) is 42.0 Å². The van der Waals surface area contributed by atoms with E-state index in [4.69, 9.17) is 4.74 Å². The summed E-state index contributed by atoms with van der Waals surface area (Å²) < 4.78 is 6.16. The predicted molar refractivity (Wildman–Crippen MR) is 160 cm³/mol. The van der Waals surface area contributed by atoms with Gasteiger partial charge in [-0.05, 0) is 102 Å². The van der Waals surface area contributed by atoms with Gasteiger partial charge in [0.25, 0.3) is 0 Å². The smallest absolute Gasteiger partial charge is 0.313 e. The van der Waals surface area contributed by atoms with Crippen LogP contribution in [0.3, 0.4) is 0 Å². The molecule has 6 rings (SSSR count). The van der Waals surface area contributed by atoms with Gasteiger partial charge in [-0.15, -0.1) is 0 Å². The SMILES string of the molecule is CC1(C)CC[C@]2(C(=O)OCc3ccccc3)CC[C@]3(C)C(=CC[C@@H]4[C@@]5(C)CC(=O)CC(C)(C)[C@@H]5CC[C@]43C)[C@@H]2C1. The van der Waals surface area contributed by atoms with Gasteiger partial charge in [-0.2, -0.15) is 0 Å². The number of rotatable bonds is 3. The molecule has 0 bridgehead atoms. The van der Waals surface area contributed by atoms with Gasteiger partial charge >= 0.3 is 5.97 Å². The normalized spacial score (nSPS) is 43.3. The third-order valence-corrected chi connectivity index (χ3v) is 13.7. The molecule has 0 N–H and O–H groups in total. The molecule has 5 aliphatic carbocycles. The Morgan fingerprint density at radius 1 is 0.875 bits per heavy atom. The van der Waals surface area contributed by atoms with Crippen molar-refractivity contribution in [2.24, 2.45) is 50.2 Å². The molecular formula is C37H52O3. The van der Waals surface area contributed by atoms with E-state index in [9.17, 15) is 9.59 Å². The van der Waals surface area contributed by atoms with Gasteiger partial charge in [-0.25, -0.2) is 0 Å². The van der Waals surface area contributed by atoms with Gasteiger partial charge in [0.05, 0.1) is 5.41 Å². The van der Waals surface area contributed by atoms with Crippen molar-refractivity contribution in [1.82, 2.24) is 0 Å². The molecule has 0 heterocycles. The Kier molecular flexibility index (Phi) is 6.39. The van der Waals surface area contributed by atoms with Gasteiger partial charge in [0.1, 0.15) is 12.4 Å². The lowest BCUT2D eigenvalue weighted by Crippen LogP contribution is -2.64. The molecule has 0 aromatic heterocycles. The first-order chi connectivity index (χ1) is 18.7. The van der Waals surface area contributed by atoms with Crippen molar-refractivity contribution in [3.05, 3.63) is 47.5 Å². The average molecular weight is 545 g/mol. The minimum Gasteiger partial charge on any atom is -0.460 e. The molecule has 0 amide bonds. The molecule has 0 saturated heterocycles. The number of esters is 1. The average Bonchev–Trinajstić information content (AvgIpc) is 2.87. The van der Waals surface area contributed by atoms with Crippen LogP contribution < -0.4 is 0 Å². The van der Waals surface area contributed by atoms with Gasteiger partial charge in [0.15, 0.2) is 0 Å². The first kappa shape index (κ1) is 28.2. The Bertz CT molecular complexity index is 1230. The van der Waals surface area contributed by atoms with Crippen molar-refractivity contribution in [3.8, 4) is 0 Å². The Morgan fingerprint density at radius 2 is 1.57 bits per heavy atom. The van der Waals surface area contributed by atoms with E-state index in [0.29, 0.717) is 24.2 Å². The molecule has 1 aromatic rings. The summed E-state index contributed by atoms with van der Waals surface area (Å²) in [5.41, 5.74) is 2.73. The minimum absolute atomic E-state index is 0.0300. The third-order valence-electron chi connectivity index (χ3n) is 13.7. The Labute approximate surface area is 242 Å². The third kappa shape index (κ3) is 3.95. The monoisotopic (exact) mass is 544 g/mol. The summed E-state index contributed by atoms with van der Waals surface area (Å²) in [6.45, 7) is 17.4. The van der Waals surface area contributed by atoms with Gasteiger partial charge in [-0.3, -0.25) is 9.59 Å². The van der Waals surface area contributed by atoms with E-state index in [1.807, 2.05) is 30.3 Å². The van der Waals surface area contributed by atoms with Crippen molar-refractivity contribution < 1.29 is 14.3 Å². The van der Waals surface area contributed by atoms with Crippen molar-refractivity contribution in [2.45, 2.75) is 119 Å². The van der Waals surface area contributed by atoms with Crippen LogP contribution >= 0.6 is 0 Å². The minimum atomic E-state index is -0.414. The van der Waals surface area contributed by atoms with Crippen LogP contribution in [-0.4, -0.2) is 11.8 Å². The van der Waals surface area contributed by atoms with Crippen LogP contribution in [-0.2, 0) is 20.9 Å². The molecule has 0 unspecified atom stereocenters. The van der Waals surface area contributed by atoms with Crippen LogP contribution in [0.5, 0.6) is 0 Å². The summed E-state index contributed by atoms with van der Waals surface area (Å²) in [5, 5.41) is 0. The topological polar surface area (TPSA) is 43.4 Å². The van der Waals surface area contributed by atoms with E-state index < -0.39 is 5.41 Å². The number of carbonyl (C=O) groups excluding carboxylic acids is 2. The van der Waals surface area contributed by atoms with Crippen LogP contribution in [0.25, 0.3) is 0 Å². The second-order valence-corrected chi connectivity index (χ2v) is 16.8. The first-order valence-corrected chi connectivity index (χ1v) is 16.1. The van der Waals surface area contributed by atoms with E-state index in [1.165, 1.54) is 12.8 Å². The predicted octanol–water partition coefficient (Wildman–Crippen LogP) is 9.10. The maximum atomic E-state index is 14.1. The summed E-state index contributed by atoms with van der Waals surface area (Å²) in [7, 11) is 0. The molecule has 3 nitrogen and oxygen atoms in total. The zero-order valence-electron chi connectivity index (χ0n) is 26.2. The van der Waals surface area contributed by atoms with Crippen LogP contribution in [0.2, 0.25) is 0 Å². The molecule has 0 aliphatic heterocycles. The van der Waals surface area contributed by atoms with Gasteiger partial charge in [0, 0.05) is 12.8 Å². The van der Waals surface area contributed by atoms with Crippen LogP contribution in [0.4, 0.5) is 0 Å². The zero-order valence-corrected chi connectivity index (χ0v) is 26.2. The highest BCUT2D eigenvalue weighted by Crippen LogP contribution is 2.75. The molecule has 1 aromatic carbocycles. The van der Waals surface area contributed by atoms with E-state index in [1.54, 1.807) is 5.57 Å². The van der Waals surface area contributed by atoms with Crippen LogP contribution in [0, 0.1) is 50.2 Å². The maximum absolute atomic E-state index is 14.1. The molecule has 4 saturated carbocycles. The number of hydrogen-bond donors (Lipinski definition) is 0. The van der Waals surface area contributed by atoms with E-state index in [0.717, 1.165) is 56.9 Å².